The van der Waals surface area contributed by atoms with Crippen molar-refractivity contribution in [1.29, 1.82) is 0 Å². The van der Waals surface area contributed by atoms with Crippen LogP contribution in [0.1, 0.15) is 22.0 Å². The van der Waals surface area contributed by atoms with Crippen LogP contribution >= 0.6 is 12.2 Å². The monoisotopic (exact) mass is 425 g/mol. The summed E-state index contributed by atoms with van der Waals surface area (Å²) in [6.07, 6.45) is -5.27. The number of nitrogens with zero attached hydrogens (tertiary/aromatic N) is 1. The number of nitro benzene ring substituents is 1. The van der Waals surface area contributed by atoms with E-state index in [4.69, 9.17) is 12.2 Å². The number of Topliss-reactive ketones (excluding diaryl/α,β-unsaturated/α-hetero) is 1. The van der Waals surface area contributed by atoms with Crippen LogP contribution in [0.15, 0.2) is 54.6 Å². The number of hydrogen-bond acceptors (Lipinski definition) is 5. The second kappa shape index (κ2) is 7.41. The van der Waals surface area contributed by atoms with Gasteiger partial charge in [0.2, 0.25) is 5.72 Å². The van der Waals surface area contributed by atoms with Gasteiger partial charge in [-0.3, -0.25) is 14.9 Å². The summed E-state index contributed by atoms with van der Waals surface area (Å²) in [6.45, 7) is 0. The number of thiocarbonyl (C=S) groups is 1. The first-order chi connectivity index (χ1) is 13.5. The first kappa shape index (κ1) is 20.7. The molecule has 1 heterocycles. The van der Waals surface area contributed by atoms with Crippen LogP contribution in [-0.4, -0.2) is 32.8 Å². The molecule has 3 unspecified atom stereocenters. The van der Waals surface area contributed by atoms with Crippen LogP contribution in [0.5, 0.6) is 0 Å². The number of nitro groups is 1. The molecule has 7 nitrogen and oxygen atoms in total. The van der Waals surface area contributed by atoms with E-state index in [0.29, 0.717) is 0 Å². The molecule has 0 spiro atoms. The Morgan fingerprint density at radius 1 is 1.17 bits per heavy atom. The average molecular weight is 425 g/mol. The van der Waals surface area contributed by atoms with E-state index >= 15 is 0 Å². The van der Waals surface area contributed by atoms with Gasteiger partial charge in [-0.1, -0.05) is 42.5 Å². The Labute approximate surface area is 167 Å². The van der Waals surface area contributed by atoms with Crippen LogP contribution in [0.2, 0.25) is 0 Å². The number of rotatable bonds is 4. The standard InChI is InChI=1S/C18H14F3N3O4S/c19-18(20,21)17(26)13(15(25)10-5-2-1-3-6-10)14(22-16(29)23-17)11-7-4-8-12(9-11)24(27)28/h1-9,13-14,26H,(H2,22,23,29). The minimum atomic E-state index is -5.27. The van der Waals surface area contributed by atoms with Gasteiger partial charge in [-0.05, 0) is 17.8 Å². The maximum atomic E-state index is 13.9. The Morgan fingerprint density at radius 2 is 1.83 bits per heavy atom. The van der Waals surface area contributed by atoms with E-state index in [2.05, 4.69) is 5.32 Å². The summed E-state index contributed by atoms with van der Waals surface area (Å²) in [5.41, 5.74) is -4.13. The molecule has 0 aliphatic carbocycles. The van der Waals surface area contributed by atoms with Gasteiger partial charge in [-0.2, -0.15) is 13.2 Å². The van der Waals surface area contributed by atoms with Crippen LogP contribution in [0, 0.1) is 16.0 Å². The van der Waals surface area contributed by atoms with Crippen molar-refractivity contribution in [1.82, 2.24) is 10.6 Å². The molecule has 2 aromatic carbocycles. The second-order valence-corrected chi connectivity index (χ2v) is 6.81. The molecular formula is C18H14F3N3O4S. The van der Waals surface area contributed by atoms with Crippen molar-refractivity contribution >= 4 is 28.8 Å². The van der Waals surface area contributed by atoms with Gasteiger partial charge >= 0.3 is 6.18 Å². The fraction of sp³-hybridized carbons (Fsp3) is 0.222. The molecule has 0 saturated carbocycles. The van der Waals surface area contributed by atoms with Crippen LogP contribution in [-0.2, 0) is 0 Å². The molecule has 1 aliphatic heterocycles. The molecule has 3 atom stereocenters. The van der Waals surface area contributed by atoms with Crippen molar-refractivity contribution in [3.63, 3.8) is 0 Å². The highest BCUT2D eigenvalue weighted by Gasteiger charge is 2.65. The molecule has 3 N–H and O–H groups in total. The summed E-state index contributed by atoms with van der Waals surface area (Å²) in [5, 5.41) is 25.4. The van der Waals surface area contributed by atoms with Gasteiger partial charge in [0.1, 0.15) is 5.92 Å². The number of non-ortho nitro benzene ring substituents is 1. The van der Waals surface area contributed by atoms with Crippen molar-refractivity contribution in [2.45, 2.75) is 17.9 Å². The zero-order valence-electron chi connectivity index (χ0n) is 14.5. The van der Waals surface area contributed by atoms with E-state index < -0.39 is 39.7 Å². The number of halogens is 3. The van der Waals surface area contributed by atoms with E-state index in [0.717, 1.165) is 12.1 Å². The Morgan fingerprint density at radius 3 is 2.41 bits per heavy atom. The molecule has 152 valence electrons. The van der Waals surface area contributed by atoms with E-state index in [1.807, 2.05) is 0 Å². The fourth-order valence-corrected chi connectivity index (χ4v) is 3.51. The maximum absolute atomic E-state index is 13.9. The van der Waals surface area contributed by atoms with Crippen LogP contribution in [0.4, 0.5) is 18.9 Å². The van der Waals surface area contributed by atoms with Crippen molar-refractivity contribution < 1.29 is 28.0 Å². The Hall–Kier alpha value is -3.05. The number of ketones is 1. The Balaban J connectivity index is 2.18. The average Bonchev–Trinajstić information content (AvgIpc) is 2.67. The molecule has 1 saturated heterocycles. The van der Waals surface area contributed by atoms with Gasteiger partial charge in [0.25, 0.3) is 5.69 Å². The minimum Gasteiger partial charge on any atom is -0.363 e. The lowest BCUT2D eigenvalue weighted by molar-refractivity contribution is -0.385. The Kier molecular flexibility index (Phi) is 5.28. The van der Waals surface area contributed by atoms with Crippen molar-refractivity contribution in [2.75, 3.05) is 0 Å². The molecule has 0 aromatic heterocycles. The quantitative estimate of drug-likeness (QED) is 0.299. The summed E-state index contributed by atoms with van der Waals surface area (Å²) in [5.74, 6) is -3.12. The highest BCUT2D eigenvalue weighted by molar-refractivity contribution is 7.80. The minimum absolute atomic E-state index is 0.00000567. The lowest BCUT2D eigenvalue weighted by Crippen LogP contribution is -2.72. The largest absolute Gasteiger partial charge is 0.437 e. The van der Waals surface area contributed by atoms with Gasteiger partial charge in [-0.25, -0.2) is 0 Å². The summed E-state index contributed by atoms with van der Waals surface area (Å²) in [6, 6.07) is 10.5. The van der Waals surface area contributed by atoms with Crippen LogP contribution in [0.3, 0.4) is 0 Å². The normalized spacial score (nSPS) is 24.3. The number of hydrogen-bond donors (Lipinski definition) is 3. The van der Waals surface area contributed by atoms with Crippen molar-refractivity contribution in [2.24, 2.45) is 5.92 Å². The third kappa shape index (κ3) is 3.78. The van der Waals surface area contributed by atoms with Crippen LogP contribution < -0.4 is 10.6 Å². The summed E-state index contributed by atoms with van der Waals surface area (Å²) >= 11 is 4.81. The predicted octanol–water partition coefficient (Wildman–Crippen LogP) is 2.86. The van der Waals surface area contributed by atoms with Crippen molar-refractivity contribution in [3.05, 3.63) is 75.8 Å². The third-order valence-corrected chi connectivity index (χ3v) is 4.81. The number of nitrogens with one attached hydrogen (secondary N) is 2. The lowest BCUT2D eigenvalue weighted by Gasteiger charge is -2.46. The SMILES string of the molecule is O=C(c1ccccc1)C1C(c2cccc([N+](=O)[O-])c2)NC(=S)NC1(O)C(F)(F)F. The van der Waals surface area contributed by atoms with E-state index in [1.54, 1.807) is 11.4 Å². The topological polar surface area (TPSA) is 104 Å². The molecule has 1 fully saturated rings. The number of carbonyl (C=O) groups excluding carboxylic acids is 1. The zero-order chi connectivity index (χ0) is 21.4. The zero-order valence-corrected chi connectivity index (χ0v) is 15.3. The first-order valence-electron chi connectivity index (χ1n) is 8.26. The molecule has 11 heteroatoms. The van der Waals surface area contributed by atoms with Crippen LogP contribution in [0.25, 0.3) is 0 Å². The number of benzene rings is 2. The maximum Gasteiger partial charge on any atom is 0.437 e. The summed E-state index contributed by atoms with van der Waals surface area (Å²) in [4.78, 5) is 23.4. The Bertz CT molecular complexity index is 970. The number of alkyl halides is 3. The van der Waals surface area contributed by atoms with Gasteiger partial charge in [0.15, 0.2) is 10.9 Å². The van der Waals surface area contributed by atoms with Gasteiger partial charge in [0.05, 0.1) is 11.0 Å². The third-order valence-electron chi connectivity index (χ3n) is 4.59. The highest BCUT2D eigenvalue weighted by atomic mass is 32.1. The van der Waals surface area contributed by atoms with Crippen molar-refractivity contribution in [3.8, 4) is 0 Å². The number of carbonyl (C=O) groups is 1. The highest BCUT2D eigenvalue weighted by Crippen LogP contribution is 2.44. The fourth-order valence-electron chi connectivity index (χ4n) is 3.23. The predicted molar refractivity (Wildman–Crippen MR) is 100.0 cm³/mol. The smallest absolute Gasteiger partial charge is 0.363 e. The molecule has 3 rings (SSSR count). The van der Waals surface area contributed by atoms with Gasteiger partial charge in [-0.15, -0.1) is 0 Å². The second-order valence-electron chi connectivity index (χ2n) is 6.40. The molecule has 0 amide bonds. The van der Waals surface area contributed by atoms with Gasteiger partial charge < -0.3 is 15.7 Å². The van der Waals surface area contributed by atoms with E-state index in [9.17, 15) is 33.2 Å². The summed E-state index contributed by atoms with van der Waals surface area (Å²) in [7, 11) is 0. The summed E-state index contributed by atoms with van der Waals surface area (Å²) < 4.78 is 41.6. The van der Waals surface area contributed by atoms with E-state index in [1.165, 1.54) is 36.4 Å². The number of aliphatic hydroxyl groups is 1. The molecular weight excluding hydrogens is 411 g/mol. The molecule has 2 aromatic rings. The van der Waals surface area contributed by atoms with E-state index in [-0.39, 0.29) is 16.8 Å². The lowest BCUT2D eigenvalue weighted by atomic mass is 9.77. The molecule has 1 aliphatic rings. The molecule has 0 radical (unpaired) electrons. The molecule has 29 heavy (non-hydrogen) atoms. The molecule has 0 bridgehead atoms. The first-order valence-corrected chi connectivity index (χ1v) is 8.67. The van der Waals surface area contributed by atoms with Gasteiger partial charge in [0, 0.05) is 17.7 Å².